The molecule has 0 aromatic heterocycles. The molecule has 4 unspecified atom stereocenters. The molecule has 2 saturated heterocycles. The lowest BCUT2D eigenvalue weighted by molar-refractivity contribution is -0.925. The van der Waals surface area contributed by atoms with Crippen LogP contribution >= 0.6 is 15.9 Å². The first-order valence-corrected chi connectivity index (χ1v) is 13.3. The normalized spacial score (nSPS) is 32.2. The highest BCUT2D eigenvalue weighted by atomic mass is 79.9. The quantitative estimate of drug-likeness (QED) is 0.478. The molecular weight excluding hydrogens is 460 g/mol. The van der Waals surface area contributed by atoms with E-state index in [1.165, 1.54) is 58.5 Å². The Balaban J connectivity index is 1.61. The van der Waals surface area contributed by atoms with Gasteiger partial charge in [0, 0.05) is 23.5 Å². The maximum atomic E-state index is 5.30. The standard InChI is InChI=1S/C27H38BrN4/c1-6-21-14-22(28)15-25-26(21)18(2)9-10-24(27-29-20(4)19(3)16-31(25)27)30-11-13-32(5)12-7-8-23(32)17-30/h10,14-16,18,20,23H,6-9,11-13,17H2,1-5H3/q+1. The number of aryl methyl sites for hydroxylation is 1. The Kier molecular flexibility index (Phi) is 5.78. The Morgan fingerprint density at radius 1 is 1.22 bits per heavy atom. The molecular formula is C27H38BrN4+. The zero-order valence-corrected chi connectivity index (χ0v) is 22.0. The molecule has 0 aliphatic carbocycles. The minimum atomic E-state index is 0.222. The SMILES string of the molecule is CCc1cc(Br)cc2c1C(C)CC=C(N1CC[N+]3(C)CCCC3C1)C1=NC(C)C(C)=CN12. The Labute approximate surface area is 202 Å². The molecule has 0 N–H and O–H groups in total. The van der Waals surface area contributed by atoms with Gasteiger partial charge >= 0.3 is 0 Å². The molecule has 1 aromatic rings. The van der Waals surface area contributed by atoms with E-state index in [1.54, 1.807) is 0 Å². The van der Waals surface area contributed by atoms with Gasteiger partial charge in [-0.25, -0.2) is 0 Å². The van der Waals surface area contributed by atoms with Gasteiger partial charge in [0.25, 0.3) is 0 Å². The molecule has 0 bridgehead atoms. The number of fused-ring (bicyclic) bond motifs is 4. The van der Waals surface area contributed by atoms with Crippen LogP contribution in [0.25, 0.3) is 0 Å². The van der Waals surface area contributed by atoms with Gasteiger partial charge in [-0.1, -0.05) is 35.9 Å². The summed E-state index contributed by atoms with van der Waals surface area (Å²) in [5.41, 5.74) is 6.91. The van der Waals surface area contributed by atoms with Crippen molar-refractivity contribution in [2.24, 2.45) is 4.99 Å². The predicted molar refractivity (Wildman–Crippen MR) is 138 cm³/mol. The lowest BCUT2D eigenvalue weighted by Crippen LogP contribution is -2.61. The van der Waals surface area contributed by atoms with Crippen molar-refractivity contribution in [1.82, 2.24) is 4.90 Å². The number of quaternary nitrogens is 1. The van der Waals surface area contributed by atoms with Crippen LogP contribution in [0.2, 0.25) is 0 Å². The van der Waals surface area contributed by atoms with Crippen molar-refractivity contribution >= 4 is 27.5 Å². The summed E-state index contributed by atoms with van der Waals surface area (Å²) in [6.45, 7) is 14.0. The summed E-state index contributed by atoms with van der Waals surface area (Å²) in [7, 11) is 2.47. The lowest BCUT2D eigenvalue weighted by Gasteiger charge is -2.47. The van der Waals surface area contributed by atoms with Crippen molar-refractivity contribution in [2.45, 2.75) is 71.4 Å². The van der Waals surface area contributed by atoms with Crippen LogP contribution in [0.1, 0.15) is 64.0 Å². The minimum absolute atomic E-state index is 0.222. The van der Waals surface area contributed by atoms with Crippen molar-refractivity contribution < 1.29 is 4.48 Å². The third kappa shape index (κ3) is 3.66. The highest BCUT2D eigenvalue weighted by molar-refractivity contribution is 9.10. The van der Waals surface area contributed by atoms with E-state index < -0.39 is 0 Å². The number of allylic oxidation sites excluding steroid dienone is 1. The fraction of sp³-hybridized carbons (Fsp3) is 0.593. The zero-order valence-electron chi connectivity index (χ0n) is 20.4. The molecule has 0 spiro atoms. The number of halogens is 1. The van der Waals surface area contributed by atoms with Crippen molar-refractivity contribution in [2.75, 3.05) is 38.1 Å². The average Bonchev–Trinajstić information content (AvgIpc) is 3.15. The number of benzene rings is 1. The van der Waals surface area contributed by atoms with E-state index in [2.05, 4.69) is 84.9 Å². The third-order valence-electron chi connectivity index (χ3n) is 8.51. The maximum absolute atomic E-state index is 5.30. The van der Waals surface area contributed by atoms with E-state index in [0.29, 0.717) is 5.92 Å². The van der Waals surface area contributed by atoms with Gasteiger partial charge in [0.05, 0.1) is 50.7 Å². The Bertz CT molecular complexity index is 1010. The monoisotopic (exact) mass is 497 g/mol. The second kappa shape index (κ2) is 8.32. The van der Waals surface area contributed by atoms with Crippen LogP contribution in [0.15, 0.2) is 45.1 Å². The number of piperazine rings is 1. The van der Waals surface area contributed by atoms with E-state index >= 15 is 0 Å². The number of rotatable bonds is 2. The van der Waals surface area contributed by atoms with Gasteiger partial charge in [-0.05, 0) is 61.4 Å². The maximum Gasteiger partial charge on any atom is 0.156 e. The van der Waals surface area contributed by atoms with Crippen molar-refractivity contribution in [1.29, 1.82) is 0 Å². The summed E-state index contributed by atoms with van der Waals surface area (Å²) in [4.78, 5) is 10.4. The van der Waals surface area contributed by atoms with Gasteiger partial charge in [-0.15, -0.1) is 0 Å². The molecule has 5 heteroatoms. The van der Waals surface area contributed by atoms with Gasteiger partial charge in [-0.3, -0.25) is 4.99 Å². The van der Waals surface area contributed by atoms with E-state index in [1.807, 2.05) is 0 Å². The molecule has 0 amide bonds. The topological polar surface area (TPSA) is 18.8 Å². The van der Waals surface area contributed by atoms with Gasteiger partial charge in [0.15, 0.2) is 5.84 Å². The van der Waals surface area contributed by atoms with Crippen molar-refractivity contribution in [3.05, 3.63) is 51.3 Å². The lowest BCUT2D eigenvalue weighted by atomic mass is 9.87. The summed E-state index contributed by atoms with van der Waals surface area (Å²) in [5, 5.41) is 0. The van der Waals surface area contributed by atoms with Gasteiger partial charge < -0.3 is 14.3 Å². The molecule has 0 saturated carbocycles. The molecule has 4 atom stereocenters. The molecule has 32 heavy (non-hydrogen) atoms. The first-order valence-electron chi connectivity index (χ1n) is 12.5. The molecule has 0 radical (unpaired) electrons. The molecule has 1 aromatic carbocycles. The summed E-state index contributed by atoms with van der Waals surface area (Å²) >= 11 is 3.80. The number of amidine groups is 1. The molecule has 2 fully saturated rings. The van der Waals surface area contributed by atoms with E-state index in [-0.39, 0.29) is 6.04 Å². The largest absolute Gasteiger partial charge is 0.357 e. The zero-order chi connectivity index (χ0) is 22.6. The van der Waals surface area contributed by atoms with Crippen LogP contribution in [0.3, 0.4) is 0 Å². The highest BCUT2D eigenvalue weighted by Crippen LogP contribution is 2.41. The number of hydrogen-bond acceptors (Lipinski definition) is 3. The van der Waals surface area contributed by atoms with Crippen LogP contribution in [-0.2, 0) is 6.42 Å². The van der Waals surface area contributed by atoms with Crippen LogP contribution in [0.5, 0.6) is 0 Å². The number of likely N-dealkylation sites (N-methyl/N-ethyl adjacent to an activating group) is 1. The number of hydrogen-bond donors (Lipinski definition) is 0. The number of aliphatic imine (C=N–C) groups is 1. The molecule has 172 valence electrons. The predicted octanol–water partition coefficient (Wildman–Crippen LogP) is 5.84. The molecule has 4 nitrogen and oxygen atoms in total. The average molecular weight is 499 g/mol. The van der Waals surface area contributed by atoms with Crippen molar-refractivity contribution in [3.8, 4) is 0 Å². The van der Waals surface area contributed by atoms with Gasteiger partial charge in [-0.2, -0.15) is 0 Å². The summed E-state index contributed by atoms with van der Waals surface area (Å²) in [6.07, 6.45) is 9.70. The fourth-order valence-corrected chi connectivity index (χ4v) is 6.75. The van der Waals surface area contributed by atoms with E-state index in [9.17, 15) is 0 Å². The van der Waals surface area contributed by atoms with Crippen LogP contribution in [-0.4, -0.2) is 60.5 Å². The van der Waals surface area contributed by atoms with Crippen LogP contribution in [0.4, 0.5) is 5.69 Å². The van der Waals surface area contributed by atoms with Gasteiger partial charge in [0.1, 0.15) is 6.04 Å². The van der Waals surface area contributed by atoms with Crippen molar-refractivity contribution in [3.63, 3.8) is 0 Å². The van der Waals surface area contributed by atoms with E-state index in [4.69, 9.17) is 4.99 Å². The Hall–Kier alpha value is -1.59. The van der Waals surface area contributed by atoms with Crippen LogP contribution in [0, 0.1) is 0 Å². The van der Waals surface area contributed by atoms with Gasteiger partial charge in [0.2, 0.25) is 0 Å². The van der Waals surface area contributed by atoms with Crippen LogP contribution < -0.4 is 4.90 Å². The summed E-state index contributed by atoms with van der Waals surface area (Å²) in [6, 6.07) is 5.60. The number of anilines is 1. The molecule has 4 aliphatic heterocycles. The fourth-order valence-electron chi connectivity index (χ4n) is 6.26. The minimum Gasteiger partial charge on any atom is -0.357 e. The van der Waals surface area contributed by atoms with E-state index in [0.717, 1.165) is 42.3 Å². The molecule has 5 rings (SSSR count). The Morgan fingerprint density at radius 3 is 2.81 bits per heavy atom. The number of nitrogens with zero attached hydrogens (tertiary/aromatic N) is 4. The third-order valence-corrected chi connectivity index (χ3v) is 8.97. The highest BCUT2D eigenvalue weighted by Gasteiger charge is 2.44. The second-order valence-electron chi connectivity index (χ2n) is 10.6. The first-order chi connectivity index (χ1) is 15.3. The molecule has 4 aliphatic rings. The summed E-state index contributed by atoms with van der Waals surface area (Å²) in [5.74, 6) is 1.63. The Morgan fingerprint density at radius 2 is 2.03 bits per heavy atom. The molecule has 4 heterocycles. The first kappa shape index (κ1) is 22.2. The smallest absolute Gasteiger partial charge is 0.156 e. The second-order valence-corrected chi connectivity index (χ2v) is 11.5. The summed E-state index contributed by atoms with van der Waals surface area (Å²) < 4.78 is 2.42.